The van der Waals surface area contributed by atoms with Crippen LogP contribution in [0.5, 0.6) is 0 Å². The van der Waals surface area contributed by atoms with Crippen molar-refractivity contribution in [3.8, 4) is 0 Å². The first kappa shape index (κ1) is 15.6. The smallest absolute Gasteiger partial charge is 0.118 e. The summed E-state index contributed by atoms with van der Waals surface area (Å²) in [5.74, 6) is 2.85. The fraction of sp³-hybridized carbons (Fsp3) is 0.765. The van der Waals surface area contributed by atoms with Crippen LogP contribution in [0.1, 0.15) is 57.1 Å². The van der Waals surface area contributed by atoms with Crippen LogP contribution in [-0.4, -0.2) is 24.0 Å². The van der Waals surface area contributed by atoms with Crippen molar-refractivity contribution in [2.24, 2.45) is 5.92 Å². The molecule has 0 aromatic carbocycles. The van der Waals surface area contributed by atoms with E-state index in [4.69, 9.17) is 4.42 Å². The van der Waals surface area contributed by atoms with Gasteiger partial charge in [0.2, 0.25) is 0 Å². The molecular formula is C17H30N2O. The number of furan rings is 1. The quantitative estimate of drug-likeness (QED) is 0.746. The van der Waals surface area contributed by atoms with Crippen LogP contribution in [0.2, 0.25) is 0 Å². The highest BCUT2D eigenvalue weighted by molar-refractivity contribution is 5.21. The fourth-order valence-electron chi connectivity index (χ4n) is 2.65. The van der Waals surface area contributed by atoms with Crippen molar-refractivity contribution in [1.29, 1.82) is 0 Å². The first-order chi connectivity index (χ1) is 9.60. The zero-order valence-corrected chi connectivity index (χ0v) is 13.5. The van der Waals surface area contributed by atoms with E-state index in [2.05, 4.69) is 44.0 Å². The molecule has 20 heavy (non-hydrogen) atoms. The summed E-state index contributed by atoms with van der Waals surface area (Å²) in [5, 5.41) is 3.45. The average Bonchev–Trinajstić information content (AvgIpc) is 3.15. The van der Waals surface area contributed by atoms with Gasteiger partial charge in [-0.05, 0) is 51.3 Å². The summed E-state index contributed by atoms with van der Waals surface area (Å²) >= 11 is 0. The van der Waals surface area contributed by atoms with E-state index in [9.17, 15) is 0 Å². The molecule has 1 fully saturated rings. The maximum Gasteiger partial charge on any atom is 0.118 e. The lowest BCUT2D eigenvalue weighted by atomic mass is 10.2. The van der Waals surface area contributed by atoms with E-state index < -0.39 is 0 Å². The van der Waals surface area contributed by atoms with Crippen molar-refractivity contribution < 1.29 is 4.42 Å². The zero-order chi connectivity index (χ0) is 14.5. The van der Waals surface area contributed by atoms with E-state index >= 15 is 0 Å². The van der Waals surface area contributed by atoms with Gasteiger partial charge < -0.3 is 9.73 Å². The molecule has 0 aliphatic heterocycles. The predicted molar refractivity (Wildman–Crippen MR) is 83.7 cm³/mol. The highest BCUT2D eigenvalue weighted by atomic mass is 16.3. The highest BCUT2D eigenvalue weighted by Crippen LogP contribution is 2.29. The summed E-state index contributed by atoms with van der Waals surface area (Å²) in [5.41, 5.74) is 1.37. The lowest BCUT2D eigenvalue weighted by Gasteiger charge is -2.20. The summed E-state index contributed by atoms with van der Waals surface area (Å²) in [6.45, 7) is 13.0. The van der Waals surface area contributed by atoms with Gasteiger partial charge in [0.05, 0.1) is 6.54 Å². The molecule has 1 aromatic rings. The number of hydrogen-bond donors (Lipinski definition) is 1. The van der Waals surface area contributed by atoms with E-state index in [1.807, 2.05) is 0 Å². The molecule has 0 spiro atoms. The van der Waals surface area contributed by atoms with Crippen LogP contribution in [-0.2, 0) is 13.1 Å². The molecule has 1 aromatic heterocycles. The van der Waals surface area contributed by atoms with Gasteiger partial charge in [0.15, 0.2) is 0 Å². The monoisotopic (exact) mass is 278 g/mol. The van der Waals surface area contributed by atoms with Crippen molar-refractivity contribution in [2.45, 2.75) is 66.1 Å². The minimum atomic E-state index is 0.681. The third-order valence-electron chi connectivity index (χ3n) is 3.87. The topological polar surface area (TPSA) is 28.4 Å². The van der Waals surface area contributed by atoms with Crippen LogP contribution in [0.25, 0.3) is 0 Å². The maximum atomic E-state index is 5.89. The number of hydrogen-bond acceptors (Lipinski definition) is 3. The molecule has 0 atom stereocenters. The summed E-state index contributed by atoms with van der Waals surface area (Å²) in [6, 6.07) is 3.07. The minimum absolute atomic E-state index is 0.681. The molecule has 0 bridgehead atoms. The second-order valence-corrected chi connectivity index (χ2v) is 6.52. The normalized spacial score (nSPS) is 15.5. The van der Waals surface area contributed by atoms with Crippen LogP contribution in [0.3, 0.4) is 0 Å². The Hall–Kier alpha value is -0.800. The van der Waals surface area contributed by atoms with Crippen molar-refractivity contribution in [3.05, 3.63) is 23.2 Å². The molecule has 1 aliphatic rings. The van der Waals surface area contributed by atoms with Gasteiger partial charge in [-0.3, -0.25) is 4.90 Å². The molecule has 2 rings (SSSR count). The van der Waals surface area contributed by atoms with Gasteiger partial charge in [-0.25, -0.2) is 0 Å². The number of nitrogens with one attached hydrogen (secondary N) is 1. The van der Waals surface area contributed by atoms with Crippen molar-refractivity contribution >= 4 is 0 Å². The van der Waals surface area contributed by atoms with Crippen molar-refractivity contribution in [2.75, 3.05) is 13.1 Å². The molecule has 0 amide bonds. The number of nitrogens with zero attached hydrogens (tertiary/aromatic N) is 1. The van der Waals surface area contributed by atoms with Gasteiger partial charge in [0.25, 0.3) is 0 Å². The standard InChI is InChI=1S/C17H30N2O/c1-5-8-19(16-6-7-16)12-15-9-17(20-14(15)4)11-18-10-13(2)3/h9,13,16,18H,5-8,10-12H2,1-4H3. The van der Waals surface area contributed by atoms with Gasteiger partial charge in [0, 0.05) is 18.2 Å². The molecule has 0 saturated heterocycles. The lowest BCUT2D eigenvalue weighted by molar-refractivity contribution is 0.253. The van der Waals surface area contributed by atoms with E-state index in [1.54, 1.807) is 0 Å². The second kappa shape index (κ2) is 7.28. The lowest BCUT2D eigenvalue weighted by Crippen LogP contribution is -2.26. The molecule has 1 N–H and O–H groups in total. The maximum absolute atomic E-state index is 5.89. The average molecular weight is 278 g/mol. The Balaban J connectivity index is 1.89. The first-order valence-corrected chi connectivity index (χ1v) is 8.13. The summed E-state index contributed by atoms with van der Waals surface area (Å²) in [6.07, 6.45) is 3.98. The van der Waals surface area contributed by atoms with Crippen LogP contribution >= 0.6 is 0 Å². The summed E-state index contributed by atoms with van der Waals surface area (Å²) in [7, 11) is 0. The molecule has 1 saturated carbocycles. The van der Waals surface area contributed by atoms with E-state index in [0.717, 1.165) is 37.2 Å². The van der Waals surface area contributed by atoms with E-state index in [-0.39, 0.29) is 0 Å². The zero-order valence-electron chi connectivity index (χ0n) is 13.5. The summed E-state index contributed by atoms with van der Waals surface area (Å²) < 4.78 is 5.89. The SMILES string of the molecule is CCCN(Cc1cc(CNCC(C)C)oc1C)C1CC1. The van der Waals surface area contributed by atoms with Gasteiger partial charge in [-0.1, -0.05) is 20.8 Å². The molecule has 1 aliphatic carbocycles. The molecule has 1 heterocycles. The Labute approximate surface area is 123 Å². The first-order valence-electron chi connectivity index (χ1n) is 8.13. The van der Waals surface area contributed by atoms with Crippen LogP contribution < -0.4 is 5.32 Å². The Kier molecular flexibility index (Phi) is 5.67. The largest absolute Gasteiger partial charge is 0.465 e. The molecule has 0 unspecified atom stereocenters. The fourth-order valence-corrected chi connectivity index (χ4v) is 2.65. The van der Waals surface area contributed by atoms with Crippen molar-refractivity contribution in [3.63, 3.8) is 0 Å². The van der Waals surface area contributed by atoms with E-state index in [0.29, 0.717) is 5.92 Å². The van der Waals surface area contributed by atoms with Gasteiger partial charge in [0.1, 0.15) is 11.5 Å². The third-order valence-corrected chi connectivity index (χ3v) is 3.87. The molecule has 3 heteroatoms. The molecule has 0 radical (unpaired) electrons. The Bertz CT molecular complexity index is 407. The van der Waals surface area contributed by atoms with Gasteiger partial charge in [-0.2, -0.15) is 0 Å². The van der Waals surface area contributed by atoms with Gasteiger partial charge in [-0.15, -0.1) is 0 Å². The highest BCUT2D eigenvalue weighted by Gasteiger charge is 2.28. The number of aryl methyl sites for hydroxylation is 1. The van der Waals surface area contributed by atoms with Gasteiger partial charge >= 0.3 is 0 Å². The van der Waals surface area contributed by atoms with Crippen LogP contribution in [0, 0.1) is 12.8 Å². The minimum Gasteiger partial charge on any atom is -0.465 e. The molecular weight excluding hydrogens is 248 g/mol. The Morgan fingerprint density at radius 3 is 2.75 bits per heavy atom. The van der Waals surface area contributed by atoms with Crippen molar-refractivity contribution in [1.82, 2.24) is 10.2 Å². The van der Waals surface area contributed by atoms with E-state index in [1.165, 1.54) is 31.4 Å². The van der Waals surface area contributed by atoms with Crippen LogP contribution in [0.4, 0.5) is 0 Å². The van der Waals surface area contributed by atoms with Crippen LogP contribution in [0.15, 0.2) is 10.5 Å². The Morgan fingerprint density at radius 2 is 2.15 bits per heavy atom. The summed E-state index contributed by atoms with van der Waals surface area (Å²) in [4.78, 5) is 2.61. The molecule has 3 nitrogen and oxygen atoms in total. The second-order valence-electron chi connectivity index (χ2n) is 6.52. The number of rotatable bonds is 9. The molecule has 114 valence electrons. The third kappa shape index (κ3) is 4.64. The predicted octanol–water partition coefficient (Wildman–Crippen LogP) is 3.71. The Morgan fingerprint density at radius 1 is 1.40 bits per heavy atom.